The van der Waals surface area contributed by atoms with Crippen LogP contribution in [0.2, 0.25) is 0 Å². The van der Waals surface area contributed by atoms with Crippen LogP contribution >= 0.6 is 0 Å². The van der Waals surface area contributed by atoms with Crippen molar-refractivity contribution < 1.29 is 4.74 Å². The van der Waals surface area contributed by atoms with Gasteiger partial charge in [0.25, 0.3) is 0 Å². The highest BCUT2D eigenvalue weighted by Gasteiger charge is 2.32. The van der Waals surface area contributed by atoms with Gasteiger partial charge in [-0.15, -0.1) is 0 Å². The molecule has 17 heavy (non-hydrogen) atoms. The molecule has 1 aromatic carbocycles. The summed E-state index contributed by atoms with van der Waals surface area (Å²) in [6.07, 6.45) is 3.68. The van der Waals surface area contributed by atoms with Crippen molar-refractivity contribution in [3.05, 3.63) is 42.2 Å². The van der Waals surface area contributed by atoms with Crippen LogP contribution in [0.5, 0.6) is 5.75 Å². The van der Waals surface area contributed by atoms with Crippen LogP contribution in [0.15, 0.2) is 36.7 Å². The molecule has 0 fully saturated rings. The number of aromatic nitrogens is 1. The summed E-state index contributed by atoms with van der Waals surface area (Å²) >= 11 is 0. The van der Waals surface area contributed by atoms with E-state index in [-0.39, 0.29) is 5.60 Å². The highest BCUT2D eigenvalue weighted by molar-refractivity contribution is 5.77. The highest BCUT2D eigenvalue weighted by Crippen LogP contribution is 2.45. The third-order valence-corrected chi connectivity index (χ3v) is 3.13. The molecule has 3 nitrogen and oxygen atoms in total. The first-order valence-corrected chi connectivity index (χ1v) is 5.61. The maximum absolute atomic E-state index is 6.01. The molecule has 86 valence electrons. The van der Waals surface area contributed by atoms with Crippen LogP contribution in [-0.4, -0.2) is 4.98 Å². The average molecular weight is 226 g/mol. The van der Waals surface area contributed by atoms with Crippen molar-refractivity contribution in [3.63, 3.8) is 0 Å². The number of pyridine rings is 1. The summed E-state index contributed by atoms with van der Waals surface area (Å²) in [5.74, 6) is 0.841. The van der Waals surface area contributed by atoms with Crippen molar-refractivity contribution >= 4 is 5.69 Å². The van der Waals surface area contributed by atoms with E-state index in [1.54, 1.807) is 6.20 Å². The van der Waals surface area contributed by atoms with Crippen molar-refractivity contribution in [3.8, 4) is 16.9 Å². The largest absolute Gasteiger partial charge is 0.482 e. The number of anilines is 1. The van der Waals surface area contributed by atoms with Crippen molar-refractivity contribution in [2.75, 3.05) is 5.73 Å². The Morgan fingerprint density at radius 2 is 2.00 bits per heavy atom. The van der Waals surface area contributed by atoms with E-state index in [1.807, 2.05) is 44.3 Å². The molecular formula is C14H14N2O. The van der Waals surface area contributed by atoms with Crippen molar-refractivity contribution in [1.29, 1.82) is 0 Å². The zero-order valence-corrected chi connectivity index (χ0v) is 9.90. The second-order valence-corrected chi connectivity index (χ2v) is 4.79. The van der Waals surface area contributed by atoms with Crippen LogP contribution in [-0.2, 0) is 5.60 Å². The first-order valence-electron chi connectivity index (χ1n) is 5.61. The lowest BCUT2D eigenvalue weighted by Crippen LogP contribution is -2.29. The van der Waals surface area contributed by atoms with Crippen LogP contribution in [0.3, 0.4) is 0 Å². The van der Waals surface area contributed by atoms with Gasteiger partial charge in [0.15, 0.2) is 0 Å². The van der Waals surface area contributed by atoms with Crippen LogP contribution in [0.25, 0.3) is 11.1 Å². The predicted molar refractivity (Wildman–Crippen MR) is 67.7 cm³/mol. The predicted octanol–water partition coefficient (Wildman–Crippen LogP) is 2.96. The molecule has 1 aliphatic rings. The SMILES string of the molecule is CC1(C)Oc2cc(N)ccc2-c2ccncc21. The molecule has 2 aromatic rings. The average Bonchev–Trinajstić information content (AvgIpc) is 2.28. The number of fused-ring (bicyclic) bond motifs is 3. The minimum Gasteiger partial charge on any atom is -0.482 e. The lowest BCUT2D eigenvalue weighted by atomic mass is 9.88. The quantitative estimate of drug-likeness (QED) is 0.702. The maximum Gasteiger partial charge on any atom is 0.130 e. The Balaban J connectivity index is 2.31. The van der Waals surface area contributed by atoms with E-state index in [9.17, 15) is 0 Å². The van der Waals surface area contributed by atoms with E-state index < -0.39 is 0 Å². The fourth-order valence-corrected chi connectivity index (χ4v) is 2.28. The first kappa shape index (κ1) is 10.1. The van der Waals surface area contributed by atoms with Gasteiger partial charge in [0.05, 0.1) is 0 Å². The van der Waals surface area contributed by atoms with Gasteiger partial charge in [0, 0.05) is 35.3 Å². The Hall–Kier alpha value is -2.03. The topological polar surface area (TPSA) is 48.1 Å². The monoisotopic (exact) mass is 226 g/mol. The van der Waals surface area contributed by atoms with Gasteiger partial charge in [-0.1, -0.05) is 0 Å². The summed E-state index contributed by atoms with van der Waals surface area (Å²) in [7, 11) is 0. The third-order valence-electron chi connectivity index (χ3n) is 3.13. The Bertz CT molecular complexity index is 591. The molecule has 2 N–H and O–H groups in total. The number of benzene rings is 1. The second kappa shape index (κ2) is 3.23. The fraction of sp³-hybridized carbons (Fsp3) is 0.214. The molecule has 0 atom stereocenters. The molecule has 0 saturated heterocycles. The number of rotatable bonds is 0. The lowest BCUT2D eigenvalue weighted by Gasteiger charge is -2.34. The number of hydrogen-bond acceptors (Lipinski definition) is 3. The molecule has 1 aromatic heterocycles. The van der Waals surface area contributed by atoms with Gasteiger partial charge < -0.3 is 10.5 Å². The molecule has 0 unspecified atom stereocenters. The first-order chi connectivity index (χ1) is 8.08. The summed E-state index contributed by atoms with van der Waals surface area (Å²) < 4.78 is 6.01. The molecule has 0 aliphatic carbocycles. The summed E-state index contributed by atoms with van der Waals surface area (Å²) in [5.41, 5.74) is 9.51. The number of hydrogen-bond donors (Lipinski definition) is 1. The van der Waals surface area contributed by atoms with E-state index in [2.05, 4.69) is 4.98 Å². The molecule has 0 bridgehead atoms. The van der Waals surface area contributed by atoms with Gasteiger partial charge >= 0.3 is 0 Å². The summed E-state index contributed by atoms with van der Waals surface area (Å²) in [6, 6.07) is 7.79. The van der Waals surface area contributed by atoms with Crippen LogP contribution in [0.1, 0.15) is 19.4 Å². The second-order valence-electron chi connectivity index (χ2n) is 4.79. The van der Waals surface area contributed by atoms with E-state index in [4.69, 9.17) is 10.5 Å². The maximum atomic E-state index is 6.01. The van der Waals surface area contributed by atoms with Gasteiger partial charge in [-0.25, -0.2) is 0 Å². The van der Waals surface area contributed by atoms with Crippen LogP contribution in [0.4, 0.5) is 5.69 Å². The molecule has 1 aliphatic heterocycles. The molecule has 0 radical (unpaired) electrons. The third kappa shape index (κ3) is 1.46. The van der Waals surface area contributed by atoms with E-state index in [1.165, 1.54) is 5.56 Å². The van der Waals surface area contributed by atoms with Crippen LogP contribution in [0, 0.1) is 0 Å². The molecule has 2 heterocycles. The lowest BCUT2D eigenvalue weighted by molar-refractivity contribution is 0.105. The number of nitrogens with two attached hydrogens (primary N) is 1. The minimum atomic E-state index is -0.371. The van der Waals surface area contributed by atoms with Crippen molar-refractivity contribution in [2.45, 2.75) is 19.4 Å². The van der Waals surface area contributed by atoms with E-state index in [0.717, 1.165) is 22.6 Å². The molecular weight excluding hydrogens is 212 g/mol. The van der Waals surface area contributed by atoms with E-state index in [0.29, 0.717) is 0 Å². The Morgan fingerprint density at radius 1 is 1.18 bits per heavy atom. The minimum absolute atomic E-state index is 0.371. The molecule has 3 rings (SSSR count). The Morgan fingerprint density at radius 3 is 2.82 bits per heavy atom. The van der Waals surface area contributed by atoms with Crippen LogP contribution < -0.4 is 10.5 Å². The van der Waals surface area contributed by atoms with Gasteiger partial charge in [-0.2, -0.15) is 0 Å². The standard InChI is InChI=1S/C14H14N2O/c1-14(2)12-8-16-6-5-10(12)11-4-3-9(15)7-13(11)17-14/h3-8H,15H2,1-2H3. The smallest absolute Gasteiger partial charge is 0.130 e. The molecule has 0 amide bonds. The zero-order valence-electron chi connectivity index (χ0n) is 9.90. The summed E-state index contributed by atoms with van der Waals surface area (Å²) in [6.45, 7) is 4.08. The molecule has 0 saturated carbocycles. The molecule has 3 heteroatoms. The van der Waals surface area contributed by atoms with Crippen molar-refractivity contribution in [1.82, 2.24) is 4.98 Å². The summed E-state index contributed by atoms with van der Waals surface area (Å²) in [4.78, 5) is 4.18. The fourth-order valence-electron chi connectivity index (χ4n) is 2.28. The van der Waals surface area contributed by atoms with Gasteiger partial charge in [-0.05, 0) is 37.6 Å². The number of nitrogen functional groups attached to an aromatic ring is 1. The number of ether oxygens (including phenoxy) is 1. The Kier molecular flexibility index (Phi) is 1.93. The van der Waals surface area contributed by atoms with Gasteiger partial charge in [-0.3, -0.25) is 4.98 Å². The number of nitrogens with zero attached hydrogens (tertiary/aromatic N) is 1. The van der Waals surface area contributed by atoms with Crippen molar-refractivity contribution in [2.24, 2.45) is 0 Å². The van der Waals surface area contributed by atoms with Gasteiger partial charge in [0.2, 0.25) is 0 Å². The highest BCUT2D eigenvalue weighted by atomic mass is 16.5. The molecule has 0 spiro atoms. The summed E-state index contributed by atoms with van der Waals surface area (Å²) in [5, 5.41) is 0. The Labute approximate surface area is 100 Å². The van der Waals surface area contributed by atoms with E-state index >= 15 is 0 Å². The normalized spacial score (nSPS) is 15.6. The van der Waals surface area contributed by atoms with Gasteiger partial charge in [0.1, 0.15) is 11.4 Å². The zero-order chi connectivity index (χ0) is 12.0.